The van der Waals surface area contributed by atoms with Gasteiger partial charge in [0, 0.05) is 56.2 Å². The van der Waals surface area contributed by atoms with Gasteiger partial charge in [0.15, 0.2) is 0 Å². The van der Waals surface area contributed by atoms with E-state index in [1.54, 1.807) is 0 Å². The van der Waals surface area contributed by atoms with Crippen LogP contribution in [0.1, 0.15) is 28.0 Å². The third kappa shape index (κ3) is 3.01. The highest BCUT2D eigenvalue weighted by Crippen LogP contribution is 2.30. The van der Waals surface area contributed by atoms with Crippen LogP contribution >= 0.6 is 0 Å². The summed E-state index contributed by atoms with van der Waals surface area (Å²) in [4.78, 5) is 29.2. The summed E-state index contributed by atoms with van der Waals surface area (Å²) in [7, 11) is 1.35. The Morgan fingerprint density at radius 3 is 2.48 bits per heavy atom. The third-order valence-corrected chi connectivity index (χ3v) is 4.92. The Hall–Kier alpha value is -2.70. The fourth-order valence-electron chi connectivity index (χ4n) is 3.60. The van der Waals surface area contributed by atoms with Gasteiger partial charge in [-0.25, -0.2) is 14.8 Å². The number of hydrogen-bond donors (Lipinski definition) is 0. The molecular weight excluding hydrogens is 318 g/mol. The molecule has 0 amide bonds. The van der Waals surface area contributed by atoms with Crippen LogP contribution in [0.5, 0.6) is 0 Å². The molecule has 25 heavy (non-hydrogen) atoms. The maximum atomic E-state index is 11.5. The summed E-state index contributed by atoms with van der Waals surface area (Å²) in [5.74, 6) is 0.246. The number of esters is 1. The Morgan fingerprint density at radius 1 is 1.04 bits per heavy atom. The zero-order chi connectivity index (χ0) is 17.2. The number of anilines is 2. The fraction of sp³-hybridized carbons (Fsp3) is 0.444. The average Bonchev–Trinajstić information content (AvgIpc) is 3.16. The molecule has 0 N–H and O–H groups in total. The Kier molecular flexibility index (Phi) is 4.21. The number of aryl methyl sites for hydroxylation is 1. The SMILES string of the molecule is COC(=O)c1cnc(N2CCN(c3ccnc4c3CCC4)CC2)nc1. The van der Waals surface area contributed by atoms with E-state index >= 15 is 0 Å². The van der Waals surface area contributed by atoms with Crippen molar-refractivity contribution in [1.29, 1.82) is 0 Å². The summed E-state index contributed by atoms with van der Waals surface area (Å²) in [5, 5.41) is 0. The first-order valence-corrected chi connectivity index (χ1v) is 8.63. The average molecular weight is 339 g/mol. The highest BCUT2D eigenvalue weighted by molar-refractivity contribution is 5.88. The monoisotopic (exact) mass is 339 g/mol. The molecule has 1 aliphatic heterocycles. The largest absolute Gasteiger partial charge is 0.465 e. The van der Waals surface area contributed by atoms with Crippen LogP contribution in [0.25, 0.3) is 0 Å². The predicted molar refractivity (Wildman–Crippen MR) is 94.1 cm³/mol. The predicted octanol–water partition coefficient (Wildman–Crippen LogP) is 1.47. The molecule has 7 nitrogen and oxygen atoms in total. The van der Waals surface area contributed by atoms with Gasteiger partial charge in [-0.15, -0.1) is 0 Å². The minimum atomic E-state index is -0.414. The number of hydrogen-bond acceptors (Lipinski definition) is 7. The highest BCUT2D eigenvalue weighted by atomic mass is 16.5. The van der Waals surface area contributed by atoms with E-state index in [0.29, 0.717) is 11.5 Å². The van der Waals surface area contributed by atoms with Crippen molar-refractivity contribution in [3.05, 3.63) is 41.5 Å². The van der Waals surface area contributed by atoms with Gasteiger partial charge in [0.1, 0.15) is 0 Å². The molecule has 3 heterocycles. The van der Waals surface area contributed by atoms with Gasteiger partial charge in [-0.1, -0.05) is 0 Å². The number of rotatable bonds is 3. The van der Waals surface area contributed by atoms with Gasteiger partial charge in [0.25, 0.3) is 0 Å². The van der Waals surface area contributed by atoms with Crippen molar-refractivity contribution in [2.75, 3.05) is 43.1 Å². The number of methoxy groups -OCH3 is 1. The van der Waals surface area contributed by atoms with Crippen LogP contribution in [0.15, 0.2) is 24.7 Å². The van der Waals surface area contributed by atoms with E-state index in [9.17, 15) is 4.79 Å². The first-order chi connectivity index (χ1) is 12.3. The number of pyridine rings is 1. The summed E-state index contributed by atoms with van der Waals surface area (Å²) in [6.45, 7) is 3.57. The molecule has 7 heteroatoms. The van der Waals surface area contributed by atoms with Crippen molar-refractivity contribution < 1.29 is 9.53 Å². The van der Waals surface area contributed by atoms with Crippen LogP contribution in [0.4, 0.5) is 11.6 Å². The molecule has 1 fully saturated rings. The first kappa shape index (κ1) is 15.8. The molecule has 0 bridgehead atoms. The lowest BCUT2D eigenvalue weighted by Gasteiger charge is -2.36. The molecule has 1 saturated heterocycles. The molecule has 0 atom stereocenters. The second-order valence-electron chi connectivity index (χ2n) is 6.35. The molecule has 0 unspecified atom stereocenters. The Balaban J connectivity index is 1.43. The van der Waals surface area contributed by atoms with Gasteiger partial charge in [-0.3, -0.25) is 4.98 Å². The van der Waals surface area contributed by atoms with Gasteiger partial charge in [0.05, 0.1) is 12.7 Å². The van der Waals surface area contributed by atoms with E-state index in [1.165, 1.54) is 42.9 Å². The minimum absolute atomic E-state index is 0.372. The molecular formula is C18H21N5O2. The quantitative estimate of drug-likeness (QED) is 0.784. The lowest BCUT2D eigenvalue weighted by molar-refractivity contribution is 0.0600. The van der Waals surface area contributed by atoms with Crippen molar-refractivity contribution in [3.63, 3.8) is 0 Å². The molecule has 2 aromatic rings. The van der Waals surface area contributed by atoms with Crippen molar-refractivity contribution >= 4 is 17.6 Å². The number of piperazine rings is 1. The molecule has 2 aromatic heterocycles. The van der Waals surface area contributed by atoms with Crippen LogP contribution in [0.3, 0.4) is 0 Å². The van der Waals surface area contributed by atoms with E-state index in [2.05, 4.69) is 35.6 Å². The van der Waals surface area contributed by atoms with Crippen LogP contribution < -0.4 is 9.80 Å². The zero-order valence-corrected chi connectivity index (χ0v) is 14.3. The third-order valence-electron chi connectivity index (χ3n) is 4.92. The summed E-state index contributed by atoms with van der Waals surface area (Å²) in [5.41, 5.74) is 4.40. The number of fused-ring (bicyclic) bond motifs is 1. The Bertz CT molecular complexity index is 770. The van der Waals surface area contributed by atoms with Crippen molar-refractivity contribution in [1.82, 2.24) is 15.0 Å². The second kappa shape index (κ2) is 6.66. The smallest absolute Gasteiger partial charge is 0.341 e. The first-order valence-electron chi connectivity index (χ1n) is 8.63. The molecule has 1 aliphatic carbocycles. The van der Waals surface area contributed by atoms with Gasteiger partial charge in [0.2, 0.25) is 5.95 Å². The number of ether oxygens (including phenoxy) is 1. The van der Waals surface area contributed by atoms with Crippen LogP contribution in [-0.4, -0.2) is 54.2 Å². The summed E-state index contributed by atoms with van der Waals surface area (Å²) in [6, 6.07) is 2.14. The topological polar surface area (TPSA) is 71.5 Å². The lowest BCUT2D eigenvalue weighted by Crippen LogP contribution is -2.47. The van der Waals surface area contributed by atoms with E-state index in [0.717, 1.165) is 39.0 Å². The zero-order valence-electron chi connectivity index (χ0n) is 14.3. The second-order valence-corrected chi connectivity index (χ2v) is 6.35. The maximum Gasteiger partial charge on any atom is 0.341 e. The number of carbonyl (C=O) groups is 1. The van der Waals surface area contributed by atoms with Gasteiger partial charge < -0.3 is 14.5 Å². The van der Waals surface area contributed by atoms with Crippen molar-refractivity contribution in [2.24, 2.45) is 0 Å². The molecule has 0 radical (unpaired) electrons. The molecule has 0 spiro atoms. The number of carbonyl (C=O) groups excluding carboxylic acids is 1. The molecule has 2 aliphatic rings. The number of aromatic nitrogens is 3. The molecule has 130 valence electrons. The van der Waals surface area contributed by atoms with E-state index in [-0.39, 0.29) is 0 Å². The standard InChI is InChI=1S/C18H21N5O2/c1-25-17(24)13-11-20-18(21-12-13)23-9-7-22(8-10-23)16-5-6-19-15-4-2-3-14(15)16/h5-6,11-12H,2-4,7-10H2,1H3. The van der Waals surface area contributed by atoms with Gasteiger partial charge >= 0.3 is 5.97 Å². The van der Waals surface area contributed by atoms with E-state index < -0.39 is 5.97 Å². The van der Waals surface area contributed by atoms with Gasteiger partial charge in [-0.05, 0) is 30.9 Å². The number of nitrogens with zero attached hydrogens (tertiary/aromatic N) is 5. The summed E-state index contributed by atoms with van der Waals surface area (Å²) in [6.07, 6.45) is 8.42. The summed E-state index contributed by atoms with van der Waals surface area (Å²) >= 11 is 0. The highest BCUT2D eigenvalue weighted by Gasteiger charge is 2.24. The van der Waals surface area contributed by atoms with Gasteiger partial charge in [-0.2, -0.15) is 0 Å². The molecule has 0 aromatic carbocycles. The molecule has 0 saturated carbocycles. The maximum absolute atomic E-state index is 11.5. The minimum Gasteiger partial charge on any atom is -0.465 e. The Labute approximate surface area is 146 Å². The fourth-order valence-corrected chi connectivity index (χ4v) is 3.60. The van der Waals surface area contributed by atoms with E-state index in [4.69, 9.17) is 0 Å². The van der Waals surface area contributed by atoms with E-state index in [1.807, 2.05) is 6.20 Å². The van der Waals surface area contributed by atoms with Crippen LogP contribution in [0.2, 0.25) is 0 Å². The summed E-state index contributed by atoms with van der Waals surface area (Å²) < 4.78 is 4.68. The van der Waals surface area contributed by atoms with Crippen LogP contribution in [-0.2, 0) is 17.6 Å². The lowest BCUT2D eigenvalue weighted by atomic mass is 10.1. The molecule has 4 rings (SSSR count). The van der Waals surface area contributed by atoms with Crippen molar-refractivity contribution in [3.8, 4) is 0 Å². The van der Waals surface area contributed by atoms with Crippen molar-refractivity contribution in [2.45, 2.75) is 19.3 Å². The Morgan fingerprint density at radius 2 is 1.76 bits per heavy atom. The normalized spacial score (nSPS) is 16.7. The van der Waals surface area contributed by atoms with Crippen LogP contribution in [0, 0.1) is 0 Å².